The van der Waals surface area contributed by atoms with E-state index in [0.29, 0.717) is 21.7 Å². The van der Waals surface area contributed by atoms with Gasteiger partial charge in [0, 0.05) is 17.0 Å². The van der Waals surface area contributed by atoms with Crippen LogP contribution in [0.15, 0.2) is 18.2 Å². The van der Waals surface area contributed by atoms with Crippen LogP contribution >= 0.6 is 23.2 Å². The highest BCUT2D eigenvalue weighted by molar-refractivity contribution is 6.36. The van der Waals surface area contributed by atoms with Crippen molar-refractivity contribution in [2.75, 3.05) is 10.7 Å². The predicted octanol–water partition coefficient (Wildman–Crippen LogP) is 4.07. The van der Waals surface area contributed by atoms with E-state index in [1.807, 2.05) is 6.92 Å². The summed E-state index contributed by atoms with van der Waals surface area (Å²) in [5.74, 6) is 7.51. The molecule has 2 rings (SSSR count). The molecule has 0 fully saturated rings. The van der Waals surface area contributed by atoms with Gasteiger partial charge in [0.25, 0.3) is 0 Å². The second-order valence-electron chi connectivity index (χ2n) is 4.61. The molecule has 0 saturated heterocycles. The summed E-state index contributed by atoms with van der Waals surface area (Å²) in [5, 5.41) is 4.32. The van der Waals surface area contributed by atoms with Crippen LogP contribution in [-0.4, -0.2) is 9.97 Å². The van der Waals surface area contributed by atoms with Crippen molar-refractivity contribution in [1.82, 2.24) is 9.97 Å². The van der Waals surface area contributed by atoms with E-state index in [4.69, 9.17) is 29.0 Å². The molecule has 2 aromatic rings. The number of nitrogen functional groups attached to an aromatic ring is 1. The molecular formula is C14H17Cl2N5. The Labute approximate surface area is 133 Å². The second-order valence-corrected chi connectivity index (χ2v) is 5.45. The van der Waals surface area contributed by atoms with Gasteiger partial charge in [0.1, 0.15) is 17.5 Å². The van der Waals surface area contributed by atoms with E-state index in [0.717, 1.165) is 29.9 Å². The molecule has 1 aromatic heterocycles. The van der Waals surface area contributed by atoms with Crippen LogP contribution in [0, 0.1) is 6.92 Å². The summed E-state index contributed by atoms with van der Waals surface area (Å²) in [6.45, 7) is 3.96. The van der Waals surface area contributed by atoms with Gasteiger partial charge < -0.3 is 10.7 Å². The fraction of sp³-hybridized carbons (Fsp3) is 0.286. The standard InChI is InChI=1S/C14H17Cl2N5/c1-3-4-12-19-13(8(2)14(20-12)21-17)18-11-6-5-9(15)7-10(11)16/h5-7H,3-4,17H2,1-2H3,(H2,18,19,20,21). The molecule has 0 radical (unpaired) electrons. The third-order valence-electron chi connectivity index (χ3n) is 2.99. The number of aryl methyl sites for hydroxylation is 1. The van der Waals surface area contributed by atoms with E-state index < -0.39 is 0 Å². The number of benzene rings is 1. The Bertz CT molecular complexity index is 646. The first kappa shape index (κ1) is 15.8. The molecule has 4 N–H and O–H groups in total. The zero-order valence-electron chi connectivity index (χ0n) is 11.9. The molecule has 0 unspecified atom stereocenters. The first-order valence-electron chi connectivity index (χ1n) is 6.61. The van der Waals surface area contributed by atoms with Crippen molar-refractivity contribution in [2.45, 2.75) is 26.7 Å². The largest absolute Gasteiger partial charge is 0.339 e. The van der Waals surface area contributed by atoms with Gasteiger partial charge in [-0.1, -0.05) is 30.1 Å². The van der Waals surface area contributed by atoms with Gasteiger partial charge in [-0.3, -0.25) is 0 Å². The molecule has 7 heteroatoms. The molecule has 5 nitrogen and oxygen atoms in total. The minimum Gasteiger partial charge on any atom is -0.339 e. The highest BCUT2D eigenvalue weighted by Gasteiger charge is 2.11. The summed E-state index contributed by atoms with van der Waals surface area (Å²) in [4.78, 5) is 8.90. The Morgan fingerprint density at radius 2 is 1.90 bits per heavy atom. The van der Waals surface area contributed by atoms with E-state index in [1.165, 1.54) is 0 Å². The number of nitrogens with one attached hydrogen (secondary N) is 2. The summed E-state index contributed by atoms with van der Waals surface area (Å²) in [6.07, 6.45) is 1.73. The van der Waals surface area contributed by atoms with Gasteiger partial charge in [0.05, 0.1) is 10.7 Å². The molecular weight excluding hydrogens is 309 g/mol. The van der Waals surface area contributed by atoms with Crippen LogP contribution in [0.3, 0.4) is 0 Å². The van der Waals surface area contributed by atoms with Crippen LogP contribution in [0.2, 0.25) is 10.0 Å². The normalized spacial score (nSPS) is 10.5. The van der Waals surface area contributed by atoms with E-state index in [9.17, 15) is 0 Å². The summed E-state index contributed by atoms with van der Waals surface area (Å²) in [5.41, 5.74) is 4.15. The van der Waals surface area contributed by atoms with Gasteiger partial charge in [-0.25, -0.2) is 15.8 Å². The third-order valence-corrected chi connectivity index (χ3v) is 3.53. The molecule has 21 heavy (non-hydrogen) atoms. The maximum atomic E-state index is 6.18. The van der Waals surface area contributed by atoms with Gasteiger partial charge in [-0.15, -0.1) is 0 Å². The first-order valence-corrected chi connectivity index (χ1v) is 7.37. The average molecular weight is 326 g/mol. The quantitative estimate of drug-likeness (QED) is 0.570. The van der Waals surface area contributed by atoms with Gasteiger partial charge in [0.15, 0.2) is 0 Å². The summed E-state index contributed by atoms with van der Waals surface area (Å²) in [7, 11) is 0. The number of anilines is 3. The zero-order valence-corrected chi connectivity index (χ0v) is 13.4. The molecule has 0 bridgehead atoms. The number of nitrogens with zero attached hydrogens (tertiary/aromatic N) is 2. The lowest BCUT2D eigenvalue weighted by Crippen LogP contribution is -2.14. The van der Waals surface area contributed by atoms with Crippen LogP contribution in [-0.2, 0) is 6.42 Å². The SMILES string of the molecule is CCCc1nc(NN)c(C)c(Nc2ccc(Cl)cc2Cl)n1. The van der Waals surface area contributed by atoms with E-state index >= 15 is 0 Å². The number of halogens is 2. The van der Waals surface area contributed by atoms with Crippen molar-refractivity contribution in [3.63, 3.8) is 0 Å². The van der Waals surface area contributed by atoms with Gasteiger partial charge in [-0.05, 0) is 31.5 Å². The summed E-state index contributed by atoms with van der Waals surface area (Å²) >= 11 is 12.1. The maximum Gasteiger partial charge on any atom is 0.148 e. The highest BCUT2D eigenvalue weighted by Crippen LogP contribution is 2.30. The van der Waals surface area contributed by atoms with Crippen molar-refractivity contribution in [1.29, 1.82) is 0 Å². The minimum atomic E-state index is 0.528. The number of rotatable bonds is 5. The number of hydrogen-bond donors (Lipinski definition) is 3. The molecule has 0 aliphatic heterocycles. The molecule has 1 heterocycles. The monoisotopic (exact) mass is 325 g/mol. The smallest absolute Gasteiger partial charge is 0.148 e. The van der Waals surface area contributed by atoms with Crippen molar-refractivity contribution >= 4 is 40.5 Å². The Morgan fingerprint density at radius 1 is 1.19 bits per heavy atom. The van der Waals surface area contributed by atoms with Crippen molar-refractivity contribution < 1.29 is 0 Å². The molecule has 0 aliphatic carbocycles. The first-order chi connectivity index (χ1) is 10.0. The molecule has 0 aliphatic rings. The van der Waals surface area contributed by atoms with Gasteiger partial charge in [-0.2, -0.15) is 0 Å². The van der Waals surface area contributed by atoms with Crippen LogP contribution in [0.4, 0.5) is 17.3 Å². The maximum absolute atomic E-state index is 6.18. The predicted molar refractivity (Wildman–Crippen MR) is 88.3 cm³/mol. The fourth-order valence-corrected chi connectivity index (χ4v) is 2.33. The summed E-state index contributed by atoms with van der Waals surface area (Å²) in [6, 6.07) is 5.25. The molecule has 0 amide bonds. The Morgan fingerprint density at radius 3 is 2.52 bits per heavy atom. The molecule has 0 spiro atoms. The highest BCUT2D eigenvalue weighted by atomic mass is 35.5. The minimum absolute atomic E-state index is 0.528. The average Bonchev–Trinajstić information content (AvgIpc) is 2.45. The van der Waals surface area contributed by atoms with E-state index in [-0.39, 0.29) is 0 Å². The fourth-order valence-electron chi connectivity index (χ4n) is 1.88. The number of hydrogen-bond acceptors (Lipinski definition) is 5. The molecule has 112 valence electrons. The van der Waals surface area contributed by atoms with Gasteiger partial charge >= 0.3 is 0 Å². The van der Waals surface area contributed by atoms with Crippen LogP contribution < -0.4 is 16.6 Å². The van der Waals surface area contributed by atoms with Crippen molar-refractivity contribution in [3.8, 4) is 0 Å². The lowest BCUT2D eigenvalue weighted by molar-refractivity contribution is 0.833. The second kappa shape index (κ2) is 6.93. The van der Waals surface area contributed by atoms with Crippen molar-refractivity contribution in [3.05, 3.63) is 39.6 Å². The zero-order chi connectivity index (χ0) is 15.4. The Balaban J connectivity index is 2.40. The molecule has 1 aromatic carbocycles. The van der Waals surface area contributed by atoms with Crippen LogP contribution in [0.1, 0.15) is 24.7 Å². The van der Waals surface area contributed by atoms with Crippen molar-refractivity contribution in [2.24, 2.45) is 5.84 Å². The van der Waals surface area contributed by atoms with E-state index in [1.54, 1.807) is 18.2 Å². The Kier molecular flexibility index (Phi) is 5.22. The third kappa shape index (κ3) is 3.75. The lowest BCUT2D eigenvalue weighted by Gasteiger charge is -2.14. The number of nitrogens with two attached hydrogens (primary N) is 1. The molecule has 0 saturated carbocycles. The van der Waals surface area contributed by atoms with Gasteiger partial charge in [0.2, 0.25) is 0 Å². The van der Waals surface area contributed by atoms with Crippen LogP contribution in [0.5, 0.6) is 0 Å². The number of hydrazine groups is 1. The topological polar surface area (TPSA) is 75.9 Å². The lowest BCUT2D eigenvalue weighted by atomic mass is 10.2. The number of aromatic nitrogens is 2. The van der Waals surface area contributed by atoms with Crippen LogP contribution in [0.25, 0.3) is 0 Å². The Hall–Kier alpha value is -1.56. The molecule has 0 atom stereocenters. The summed E-state index contributed by atoms with van der Waals surface area (Å²) < 4.78 is 0. The van der Waals surface area contributed by atoms with E-state index in [2.05, 4.69) is 27.6 Å².